The fourth-order valence-electron chi connectivity index (χ4n) is 10.3. The number of rotatable bonds is 7. The molecule has 1 heterocycles. The third-order valence-corrected chi connectivity index (χ3v) is 12.8. The van der Waals surface area contributed by atoms with Crippen LogP contribution in [0.15, 0.2) is 0 Å². The van der Waals surface area contributed by atoms with E-state index in [0.717, 1.165) is 35.5 Å². The Morgan fingerprint density at radius 2 is 1.64 bits per heavy atom. The van der Waals surface area contributed by atoms with Crippen LogP contribution in [0.3, 0.4) is 0 Å². The van der Waals surface area contributed by atoms with E-state index in [1.54, 1.807) is 0 Å². The van der Waals surface area contributed by atoms with Gasteiger partial charge >= 0.3 is 0 Å². The minimum Gasteiger partial charge on any atom is -0.412 e. The summed E-state index contributed by atoms with van der Waals surface area (Å²) in [6.07, 6.45) is 16.3. The monoisotopic (exact) mass is 474 g/mol. The van der Waals surface area contributed by atoms with Crippen molar-refractivity contribution in [3.8, 4) is 0 Å². The summed E-state index contributed by atoms with van der Waals surface area (Å²) in [7, 11) is -1.52. The zero-order chi connectivity index (χ0) is 23.8. The van der Waals surface area contributed by atoms with E-state index < -0.39 is 8.32 Å². The van der Waals surface area contributed by atoms with Gasteiger partial charge in [0.05, 0.1) is 6.10 Å². The minimum absolute atomic E-state index is 0.159. The molecule has 190 valence electrons. The molecule has 3 heteroatoms. The molecule has 0 unspecified atom stereocenters. The Morgan fingerprint density at radius 3 is 2.33 bits per heavy atom. The summed E-state index contributed by atoms with van der Waals surface area (Å²) in [5.74, 6) is 5.53. The summed E-state index contributed by atoms with van der Waals surface area (Å²) in [5.41, 5.74) is 1.15. The van der Waals surface area contributed by atoms with Crippen molar-refractivity contribution in [2.75, 3.05) is 0 Å². The standard InChI is InChI=1S/C30H54O2Si/c1-20(2)10-9-11-21(3)23-12-13-24-22-14-19-30-27(31-30)26(32-33(6,7)8)16-18-29(30,5)25(22)15-17-28(23,24)4/h20-27H,9-19H2,1-8H3/t21-,22+,23-,24+,25+,26+,27-,28-,29-,30-/m1/s1. The molecule has 4 aliphatic carbocycles. The van der Waals surface area contributed by atoms with Gasteiger partial charge < -0.3 is 9.16 Å². The fraction of sp³-hybridized carbons (Fsp3) is 1.00. The average molecular weight is 475 g/mol. The summed E-state index contributed by atoms with van der Waals surface area (Å²) in [5, 5.41) is 0. The van der Waals surface area contributed by atoms with Crippen LogP contribution in [0.4, 0.5) is 0 Å². The van der Waals surface area contributed by atoms with Crippen molar-refractivity contribution in [2.45, 2.75) is 143 Å². The van der Waals surface area contributed by atoms with Crippen LogP contribution >= 0.6 is 0 Å². The van der Waals surface area contributed by atoms with Crippen molar-refractivity contribution in [2.24, 2.45) is 46.3 Å². The van der Waals surface area contributed by atoms with Gasteiger partial charge in [-0.05, 0) is 112 Å². The van der Waals surface area contributed by atoms with Gasteiger partial charge in [0.15, 0.2) is 8.32 Å². The van der Waals surface area contributed by atoms with Crippen molar-refractivity contribution in [1.29, 1.82) is 0 Å². The van der Waals surface area contributed by atoms with E-state index in [-0.39, 0.29) is 5.60 Å². The van der Waals surface area contributed by atoms with Gasteiger partial charge in [-0.15, -0.1) is 0 Å². The molecule has 10 atom stereocenters. The minimum atomic E-state index is -1.52. The molecule has 4 saturated carbocycles. The molecule has 5 fully saturated rings. The van der Waals surface area contributed by atoms with Gasteiger partial charge in [0.2, 0.25) is 0 Å². The Hall–Kier alpha value is 0.137. The van der Waals surface area contributed by atoms with Crippen LogP contribution in [0.5, 0.6) is 0 Å². The van der Waals surface area contributed by atoms with E-state index in [4.69, 9.17) is 9.16 Å². The zero-order valence-corrected chi connectivity index (χ0v) is 24.2. The molecule has 0 aromatic carbocycles. The van der Waals surface area contributed by atoms with Gasteiger partial charge in [-0.2, -0.15) is 0 Å². The first-order chi connectivity index (χ1) is 15.4. The number of epoxide rings is 1. The maximum absolute atomic E-state index is 6.74. The summed E-state index contributed by atoms with van der Waals surface area (Å²) in [4.78, 5) is 0. The molecule has 33 heavy (non-hydrogen) atoms. The molecule has 1 spiro atoms. The van der Waals surface area contributed by atoms with Gasteiger partial charge in [0.1, 0.15) is 11.7 Å². The predicted octanol–water partition coefficient (Wildman–Crippen LogP) is 8.46. The molecule has 0 aromatic heterocycles. The van der Waals surface area contributed by atoms with Gasteiger partial charge in [-0.1, -0.05) is 53.9 Å². The number of ether oxygens (including phenoxy) is 1. The smallest absolute Gasteiger partial charge is 0.184 e. The number of fused-ring (bicyclic) bond motifs is 4. The average Bonchev–Trinajstić information content (AvgIpc) is 3.35. The number of hydrogen-bond acceptors (Lipinski definition) is 2. The Kier molecular flexibility index (Phi) is 6.27. The lowest BCUT2D eigenvalue weighted by Crippen LogP contribution is -2.59. The van der Waals surface area contributed by atoms with Crippen LogP contribution < -0.4 is 0 Å². The molecular formula is C30H54O2Si. The van der Waals surface area contributed by atoms with Crippen LogP contribution in [-0.4, -0.2) is 26.1 Å². The van der Waals surface area contributed by atoms with Crippen LogP contribution in [0.25, 0.3) is 0 Å². The molecule has 1 saturated heterocycles. The summed E-state index contributed by atoms with van der Waals surface area (Å²) in [6.45, 7) is 19.8. The highest BCUT2D eigenvalue weighted by Crippen LogP contribution is 2.74. The van der Waals surface area contributed by atoms with Crippen molar-refractivity contribution >= 4 is 8.32 Å². The summed E-state index contributed by atoms with van der Waals surface area (Å²) >= 11 is 0. The van der Waals surface area contributed by atoms with Gasteiger partial charge in [0.25, 0.3) is 0 Å². The first-order valence-corrected chi connectivity index (χ1v) is 18.2. The van der Waals surface area contributed by atoms with E-state index in [9.17, 15) is 0 Å². The van der Waals surface area contributed by atoms with Crippen LogP contribution in [-0.2, 0) is 9.16 Å². The van der Waals surface area contributed by atoms with E-state index in [1.807, 2.05) is 0 Å². The molecular weight excluding hydrogens is 420 g/mol. The van der Waals surface area contributed by atoms with Crippen LogP contribution in [0.1, 0.15) is 105 Å². The molecule has 0 radical (unpaired) electrons. The highest BCUT2D eigenvalue weighted by atomic mass is 28.4. The molecule has 1 aliphatic heterocycles. The highest BCUT2D eigenvalue weighted by Gasteiger charge is 2.76. The highest BCUT2D eigenvalue weighted by molar-refractivity contribution is 6.69. The largest absolute Gasteiger partial charge is 0.412 e. The summed E-state index contributed by atoms with van der Waals surface area (Å²) in [6, 6.07) is 0. The molecule has 0 bridgehead atoms. The fourth-order valence-corrected chi connectivity index (χ4v) is 11.4. The molecule has 0 amide bonds. The topological polar surface area (TPSA) is 21.8 Å². The Bertz CT molecular complexity index is 729. The van der Waals surface area contributed by atoms with Crippen molar-refractivity contribution < 1.29 is 9.16 Å². The predicted molar refractivity (Wildman–Crippen MR) is 141 cm³/mol. The lowest BCUT2D eigenvalue weighted by atomic mass is 9.44. The summed E-state index contributed by atoms with van der Waals surface area (Å²) < 4.78 is 13.4. The Labute approximate surface area is 206 Å². The molecule has 0 aromatic rings. The lowest BCUT2D eigenvalue weighted by molar-refractivity contribution is -0.120. The first-order valence-electron chi connectivity index (χ1n) is 14.8. The Morgan fingerprint density at radius 1 is 0.879 bits per heavy atom. The second-order valence-corrected chi connectivity index (χ2v) is 19.6. The maximum atomic E-state index is 6.74. The third-order valence-electron chi connectivity index (χ3n) is 11.8. The van der Waals surface area contributed by atoms with Crippen molar-refractivity contribution in [1.82, 2.24) is 0 Å². The zero-order valence-electron chi connectivity index (χ0n) is 23.2. The molecule has 5 rings (SSSR count). The quantitative estimate of drug-likeness (QED) is 0.273. The van der Waals surface area contributed by atoms with E-state index in [2.05, 4.69) is 54.3 Å². The molecule has 2 nitrogen and oxygen atoms in total. The van der Waals surface area contributed by atoms with E-state index >= 15 is 0 Å². The van der Waals surface area contributed by atoms with Gasteiger partial charge in [-0.25, -0.2) is 0 Å². The normalized spacial score (nSPS) is 49.7. The molecule has 0 N–H and O–H groups in total. The third kappa shape index (κ3) is 3.93. The lowest BCUT2D eigenvalue weighted by Gasteiger charge is -2.60. The van der Waals surface area contributed by atoms with E-state index in [1.165, 1.54) is 70.6 Å². The maximum Gasteiger partial charge on any atom is 0.184 e. The van der Waals surface area contributed by atoms with Crippen molar-refractivity contribution in [3.63, 3.8) is 0 Å². The van der Waals surface area contributed by atoms with Crippen LogP contribution in [0, 0.1) is 46.3 Å². The SMILES string of the molecule is CC(C)CCC[C@@H](C)[C@H]1CC[C@H]2[C@@H]3CC[C@@]45O[C@@H]4[C@@H](O[Si](C)(C)C)CC[C@]5(C)[C@H]3CC[C@]12C. The van der Waals surface area contributed by atoms with E-state index in [0.29, 0.717) is 23.0 Å². The number of hydrogen-bond donors (Lipinski definition) is 0. The molecule has 5 aliphatic rings. The second kappa shape index (κ2) is 8.34. The van der Waals surface area contributed by atoms with Gasteiger partial charge in [0, 0.05) is 5.41 Å². The van der Waals surface area contributed by atoms with Crippen LogP contribution in [0.2, 0.25) is 19.6 Å². The Balaban J connectivity index is 1.29. The second-order valence-electron chi connectivity index (χ2n) is 15.1. The van der Waals surface area contributed by atoms with Crippen molar-refractivity contribution in [3.05, 3.63) is 0 Å². The van der Waals surface area contributed by atoms with Gasteiger partial charge in [-0.3, -0.25) is 0 Å². The first kappa shape index (κ1) is 24.8.